The van der Waals surface area contributed by atoms with Crippen molar-refractivity contribution in [2.24, 2.45) is 0 Å². The third-order valence-electron chi connectivity index (χ3n) is 2.48. The molecular formula is C11H10F2N4O3S. The fourth-order valence-corrected chi connectivity index (χ4v) is 2.18. The number of hydrogen-bond donors (Lipinski definition) is 2. The maximum Gasteiger partial charge on any atom is 0.341 e. The van der Waals surface area contributed by atoms with Crippen molar-refractivity contribution in [2.75, 3.05) is 5.32 Å². The van der Waals surface area contributed by atoms with Gasteiger partial charge < -0.3 is 5.32 Å². The molecule has 0 aliphatic rings. The fraction of sp³-hybridized carbons (Fsp3) is 0.182. The van der Waals surface area contributed by atoms with Crippen molar-refractivity contribution in [1.82, 2.24) is 15.2 Å². The number of alkyl halides is 2. The van der Waals surface area contributed by atoms with Crippen LogP contribution in [0, 0.1) is 6.92 Å². The van der Waals surface area contributed by atoms with Crippen LogP contribution in [-0.2, 0) is 9.84 Å². The summed E-state index contributed by atoms with van der Waals surface area (Å²) in [5.41, 5.74) is 0.232. The zero-order valence-electron chi connectivity index (χ0n) is 10.7. The Morgan fingerprint density at radius 1 is 1.29 bits per heavy atom. The lowest BCUT2D eigenvalue weighted by molar-refractivity contribution is 0.101. The van der Waals surface area contributed by atoms with Crippen LogP contribution in [0.5, 0.6) is 0 Å². The topological polar surface area (TPSA) is 105 Å². The van der Waals surface area contributed by atoms with Gasteiger partial charge in [0.25, 0.3) is 5.91 Å². The minimum atomic E-state index is -4.65. The Morgan fingerprint density at radius 2 is 1.90 bits per heavy atom. The molecule has 0 saturated heterocycles. The van der Waals surface area contributed by atoms with Crippen LogP contribution >= 0.6 is 0 Å². The zero-order chi connectivity index (χ0) is 15.6. The van der Waals surface area contributed by atoms with Gasteiger partial charge in [-0.1, -0.05) is 0 Å². The lowest BCUT2D eigenvalue weighted by Gasteiger charge is -2.05. The molecule has 1 amide bonds. The van der Waals surface area contributed by atoms with Crippen LogP contribution in [0.3, 0.4) is 0 Å². The Hall–Kier alpha value is -2.36. The van der Waals surface area contributed by atoms with E-state index in [-0.39, 0.29) is 11.5 Å². The molecule has 112 valence electrons. The average molecular weight is 316 g/mol. The second-order valence-corrected chi connectivity index (χ2v) is 5.95. The molecule has 0 unspecified atom stereocenters. The maximum absolute atomic E-state index is 12.4. The monoisotopic (exact) mass is 316 g/mol. The average Bonchev–Trinajstić information content (AvgIpc) is 2.86. The number of sulfone groups is 1. The van der Waals surface area contributed by atoms with Crippen LogP contribution in [0.4, 0.5) is 14.5 Å². The number of amides is 1. The number of carbonyl (C=O) groups is 1. The highest BCUT2D eigenvalue weighted by molar-refractivity contribution is 7.91. The van der Waals surface area contributed by atoms with Gasteiger partial charge in [-0.25, -0.2) is 13.4 Å². The van der Waals surface area contributed by atoms with E-state index >= 15 is 0 Å². The first-order chi connectivity index (χ1) is 9.80. The molecule has 1 heterocycles. The predicted octanol–water partition coefficient (Wildman–Crippen LogP) is 1.36. The molecule has 21 heavy (non-hydrogen) atoms. The van der Waals surface area contributed by atoms with Crippen molar-refractivity contribution in [3.63, 3.8) is 0 Å². The summed E-state index contributed by atoms with van der Waals surface area (Å²) in [5.74, 6) is -3.73. The molecule has 2 rings (SSSR count). The van der Waals surface area contributed by atoms with Crippen molar-refractivity contribution in [3.05, 3.63) is 35.9 Å². The Bertz CT molecular complexity index is 756. The number of H-pyrrole nitrogens is 1. The minimum absolute atomic E-state index is 0.0863. The van der Waals surface area contributed by atoms with Crippen molar-refractivity contribution >= 4 is 21.4 Å². The van der Waals surface area contributed by atoms with Crippen LogP contribution in [0.2, 0.25) is 0 Å². The number of aryl methyl sites for hydroxylation is 1. The fourth-order valence-electron chi connectivity index (χ4n) is 1.46. The molecule has 10 heteroatoms. The molecule has 0 fully saturated rings. The molecule has 1 aromatic carbocycles. The van der Waals surface area contributed by atoms with Gasteiger partial charge in [0, 0.05) is 5.69 Å². The standard InChI is InChI=1S/C11H10F2N4O3S/c1-6-14-9(17-16-6)10(18)15-7-2-4-8(5-3-7)21(19,20)11(12)13/h2-5,11H,1H3,(H,15,18)(H,14,16,17). The third kappa shape index (κ3) is 3.21. The van der Waals surface area contributed by atoms with Gasteiger partial charge in [-0.3, -0.25) is 9.89 Å². The van der Waals surface area contributed by atoms with Crippen LogP contribution in [-0.4, -0.2) is 35.3 Å². The molecule has 0 aliphatic heterocycles. The molecule has 0 aliphatic carbocycles. The lowest BCUT2D eigenvalue weighted by atomic mass is 10.3. The summed E-state index contributed by atoms with van der Waals surface area (Å²) < 4.78 is 47.2. The largest absolute Gasteiger partial charge is 0.341 e. The summed E-state index contributed by atoms with van der Waals surface area (Å²) in [4.78, 5) is 15.0. The zero-order valence-corrected chi connectivity index (χ0v) is 11.5. The summed E-state index contributed by atoms with van der Waals surface area (Å²) >= 11 is 0. The summed E-state index contributed by atoms with van der Waals surface area (Å²) in [7, 11) is -4.65. The molecule has 0 spiro atoms. The van der Waals surface area contributed by atoms with E-state index in [1.54, 1.807) is 6.92 Å². The summed E-state index contributed by atoms with van der Waals surface area (Å²) in [6.45, 7) is 1.62. The highest BCUT2D eigenvalue weighted by atomic mass is 32.2. The smallest absolute Gasteiger partial charge is 0.319 e. The Labute approximate surface area is 118 Å². The van der Waals surface area contributed by atoms with E-state index in [0.29, 0.717) is 5.82 Å². The number of hydrogen-bond acceptors (Lipinski definition) is 5. The van der Waals surface area contributed by atoms with E-state index in [2.05, 4.69) is 20.5 Å². The van der Waals surface area contributed by atoms with Crippen molar-refractivity contribution in [1.29, 1.82) is 0 Å². The first kappa shape index (κ1) is 15.0. The van der Waals surface area contributed by atoms with E-state index in [1.807, 2.05) is 0 Å². The van der Waals surface area contributed by atoms with Gasteiger partial charge in [0.15, 0.2) is 0 Å². The number of carbonyl (C=O) groups excluding carboxylic acids is 1. The lowest BCUT2D eigenvalue weighted by Crippen LogP contribution is -2.14. The van der Waals surface area contributed by atoms with Crippen molar-refractivity contribution in [3.8, 4) is 0 Å². The van der Waals surface area contributed by atoms with Crippen LogP contribution in [0.1, 0.15) is 16.4 Å². The number of benzene rings is 1. The molecule has 0 radical (unpaired) electrons. The molecule has 0 atom stereocenters. The molecular weight excluding hydrogens is 306 g/mol. The number of nitrogens with zero attached hydrogens (tertiary/aromatic N) is 2. The predicted molar refractivity (Wildman–Crippen MR) is 68.7 cm³/mol. The van der Waals surface area contributed by atoms with Gasteiger partial charge in [-0.15, -0.1) is 5.10 Å². The van der Waals surface area contributed by atoms with Gasteiger partial charge in [0.1, 0.15) is 5.82 Å². The van der Waals surface area contributed by atoms with E-state index in [0.717, 1.165) is 12.1 Å². The number of nitrogens with one attached hydrogen (secondary N) is 2. The highest BCUT2D eigenvalue weighted by Crippen LogP contribution is 2.20. The maximum atomic E-state index is 12.4. The van der Waals surface area contributed by atoms with Gasteiger partial charge in [-0.05, 0) is 31.2 Å². The van der Waals surface area contributed by atoms with E-state index in [9.17, 15) is 22.0 Å². The second kappa shape index (κ2) is 5.56. The molecule has 2 aromatic rings. The Morgan fingerprint density at radius 3 is 2.38 bits per heavy atom. The molecule has 0 saturated carbocycles. The van der Waals surface area contributed by atoms with Gasteiger partial charge in [0.05, 0.1) is 4.90 Å². The summed E-state index contributed by atoms with van der Waals surface area (Å²) in [6, 6.07) is 4.38. The SMILES string of the molecule is Cc1nc(C(=O)Nc2ccc(S(=O)(=O)C(F)F)cc2)n[nH]1. The highest BCUT2D eigenvalue weighted by Gasteiger charge is 2.26. The van der Waals surface area contributed by atoms with Crippen molar-refractivity contribution in [2.45, 2.75) is 17.6 Å². The van der Waals surface area contributed by atoms with E-state index in [4.69, 9.17) is 0 Å². The minimum Gasteiger partial charge on any atom is -0.319 e. The third-order valence-corrected chi connectivity index (χ3v) is 3.87. The first-order valence-corrected chi connectivity index (χ1v) is 7.18. The molecule has 0 bridgehead atoms. The van der Waals surface area contributed by atoms with Gasteiger partial charge in [-0.2, -0.15) is 8.78 Å². The summed E-state index contributed by atoms with van der Waals surface area (Å²) in [6.07, 6.45) is 0. The molecule has 2 N–H and O–H groups in total. The number of aromatic amines is 1. The van der Waals surface area contributed by atoms with E-state index < -0.39 is 26.4 Å². The van der Waals surface area contributed by atoms with Crippen LogP contribution in [0.25, 0.3) is 0 Å². The van der Waals surface area contributed by atoms with Crippen LogP contribution in [0.15, 0.2) is 29.2 Å². The second-order valence-electron chi connectivity index (χ2n) is 4.03. The normalized spacial score (nSPS) is 11.6. The number of rotatable bonds is 4. The number of aromatic nitrogens is 3. The van der Waals surface area contributed by atoms with Gasteiger partial charge in [0.2, 0.25) is 15.7 Å². The first-order valence-electron chi connectivity index (χ1n) is 5.63. The summed E-state index contributed by atoms with van der Waals surface area (Å²) in [5, 5.41) is 8.55. The van der Waals surface area contributed by atoms with Crippen molar-refractivity contribution < 1.29 is 22.0 Å². The van der Waals surface area contributed by atoms with Crippen LogP contribution < -0.4 is 5.32 Å². The molecule has 7 nitrogen and oxygen atoms in total. The van der Waals surface area contributed by atoms with Gasteiger partial charge >= 0.3 is 5.76 Å². The Balaban J connectivity index is 2.15. The Kier molecular flexibility index (Phi) is 3.98. The van der Waals surface area contributed by atoms with E-state index in [1.165, 1.54) is 12.1 Å². The number of halogens is 2. The number of anilines is 1. The molecule has 1 aromatic heterocycles. The quantitative estimate of drug-likeness (QED) is 0.886.